The highest BCUT2D eigenvalue weighted by Crippen LogP contribution is 2.45. The lowest BCUT2D eigenvalue weighted by atomic mass is 10.1. The number of ether oxygens (including phenoxy) is 1. The second-order valence-electron chi connectivity index (χ2n) is 4.28. The van der Waals surface area contributed by atoms with E-state index in [1.54, 1.807) is 0 Å². The van der Waals surface area contributed by atoms with Gasteiger partial charge in [0.05, 0.1) is 12.0 Å². The third-order valence-corrected chi connectivity index (χ3v) is 2.67. The van der Waals surface area contributed by atoms with Crippen LogP contribution in [0.3, 0.4) is 0 Å². The molecule has 0 spiro atoms. The Balaban J connectivity index is 2.10. The van der Waals surface area contributed by atoms with E-state index in [4.69, 9.17) is 5.11 Å². The smallest absolute Gasteiger partial charge is 0.411 e. The Hall–Kier alpha value is -1.31. The molecule has 0 atom stereocenters. The minimum atomic E-state index is -4.40. The Morgan fingerprint density at radius 1 is 1.33 bits per heavy atom. The van der Waals surface area contributed by atoms with Crippen molar-refractivity contribution in [2.45, 2.75) is 25.4 Å². The van der Waals surface area contributed by atoms with Crippen molar-refractivity contribution < 1.29 is 32.6 Å². The largest absolute Gasteiger partial charge is 0.481 e. The summed E-state index contributed by atoms with van der Waals surface area (Å²) in [5.74, 6) is -1.47. The molecule has 0 aliphatic heterocycles. The van der Waals surface area contributed by atoms with Crippen molar-refractivity contribution in [2.24, 2.45) is 5.41 Å². The van der Waals surface area contributed by atoms with Crippen LogP contribution in [0.4, 0.5) is 13.2 Å². The molecule has 0 aromatic heterocycles. The summed E-state index contributed by atoms with van der Waals surface area (Å²) in [6.07, 6.45) is -3.61. The number of aliphatic carboxylic acids is 1. The van der Waals surface area contributed by atoms with E-state index < -0.39 is 30.1 Å². The first-order chi connectivity index (χ1) is 8.25. The van der Waals surface area contributed by atoms with E-state index in [9.17, 15) is 22.8 Å². The molecule has 1 fully saturated rings. The molecule has 1 aliphatic rings. The van der Waals surface area contributed by atoms with E-state index in [1.165, 1.54) is 0 Å². The first kappa shape index (κ1) is 14.7. The molecule has 0 aromatic carbocycles. The fraction of sp³-hybridized carbons (Fsp3) is 0.800. The summed E-state index contributed by atoms with van der Waals surface area (Å²) in [6, 6.07) is 0. The van der Waals surface area contributed by atoms with Gasteiger partial charge >= 0.3 is 12.1 Å². The maximum absolute atomic E-state index is 11.7. The van der Waals surface area contributed by atoms with Crippen molar-refractivity contribution >= 4 is 11.9 Å². The summed E-state index contributed by atoms with van der Waals surface area (Å²) >= 11 is 0. The lowest BCUT2D eigenvalue weighted by molar-refractivity contribution is -0.174. The van der Waals surface area contributed by atoms with Crippen molar-refractivity contribution in [3.8, 4) is 0 Å². The fourth-order valence-electron chi connectivity index (χ4n) is 1.33. The lowest BCUT2D eigenvalue weighted by Crippen LogP contribution is -2.34. The molecule has 1 rings (SSSR count). The number of rotatable bonds is 7. The summed E-state index contributed by atoms with van der Waals surface area (Å²) in [7, 11) is 0. The molecule has 0 radical (unpaired) electrons. The normalized spacial score (nSPS) is 17.3. The fourth-order valence-corrected chi connectivity index (χ4v) is 1.33. The van der Waals surface area contributed by atoms with Crippen LogP contribution >= 0.6 is 0 Å². The molecule has 1 amide bonds. The topological polar surface area (TPSA) is 75.6 Å². The molecule has 0 aromatic rings. The van der Waals surface area contributed by atoms with Gasteiger partial charge < -0.3 is 15.2 Å². The monoisotopic (exact) mass is 269 g/mol. The van der Waals surface area contributed by atoms with Crippen molar-refractivity contribution in [1.29, 1.82) is 0 Å². The SMILES string of the molecule is O=C(CCOCC(F)(F)F)NCC1(C(=O)O)CC1. The summed E-state index contributed by atoms with van der Waals surface area (Å²) < 4.78 is 39.3. The van der Waals surface area contributed by atoms with Gasteiger partial charge in [-0.05, 0) is 12.8 Å². The molecule has 0 bridgehead atoms. The van der Waals surface area contributed by atoms with Crippen LogP contribution in [0.5, 0.6) is 0 Å². The highest BCUT2D eigenvalue weighted by molar-refractivity contribution is 5.80. The van der Waals surface area contributed by atoms with E-state index in [0.29, 0.717) is 12.8 Å². The maximum atomic E-state index is 11.7. The van der Waals surface area contributed by atoms with Gasteiger partial charge in [-0.15, -0.1) is 0 Å². The number of carboxylic acid groups (broad SMARTS) is 1. The van der Waals surface area contributed by atoms with Crippen molar-refractivity contribution in [3.63, 3.8) is 0 Å². The summed E-state index contributed by atoms with van der Waals surface area (Å²) in [4.78, 5) is 22.0. The van der Waals surface area contributed by atoms with Crippen molar-refractivity contribution in [2.75, 3.05) is 19.8 Å². The van der Waals surface area contributed by atoms with Gasteiger partial charge in [-0.2, -0.15) is 13.2 Å². The molecule has 18 heavy (non-hydrogen) atoms. The van der Waals surface area contributed by atoms with Gasteiger partial charge in [0.15, 0.2) is 0 Å². The van der Waals surface area contributed by atoms with Crippen LogP contribution in [0, 0.1) is 5.41 Å². The van der Waals surface area contributed by atoms with E-state index in [1.807, 2.05) is 0 Å². The predicted octanol–water partition coefficient (Wildman–Crippen LogP) is 0.936. The van der Waals surface area contributed by atoms with Crippen molar-refractivity contribution in [1.82, 2.24) is 5.32 Å². The molecule has 0 saturated heterocycles. The lowest BCUT2D eigenvalue weighted by Gasteiger charge is -2.11. The number of carbonyl (C=O) groups is 2. The Bertz CT molecular complexity index is 326. The molecular weight excluding hydrogens is 255 g/mol. The molecule has 2 N–H and O–H groups in total. The van der Waals surface area contributed by atoms with Crippen LogP contribution in [-0.2, 0) is 14.3 Å². The predicted molar refractivity (Wildman–Crippen MR) is 53.8 cm³/mol. The van der Waals surface area contributed by atoms with Crippen molar-refractivity contribution in [3.05, 3.63) is 0 Å². The zero-order valence-electron chi connectivity index (χ0n) is 9.55. The summed E-state index contributed by atoms with van der Waals surface area (Å²) in [6.45, 7) is -1.72. The van der Waals surface area contributed by atoms with Crippen LogP contribution in [0.15, 0.2) is 0 Å². The number of halogens is 3. The number of carboxylic acids is 1. The van der Waals surface area contributed by atoms with Gasteiger partial charge in [-0.1, -0.05) is 0 Å². The first-order valence-electron chi connectivity index (χ1n) is 5.40. The van der Waals surface area contributed by atoms with Crippen LogP contribution < -0.4 is 5.32 Å². The van der Waals surface area contributed by atoms with Gasteiger partial charge in [-0.3, -0.25) is 9.59 Å². The average Bonchev–Trinajstić information content (AvgIpc) is 3.01. The molecule has 0 unspecified atom stereocenters. The quantitative estimate of drug-likeness (QED) is 0.674. The van der Waals surface area contributed by atoms with Crippen LogP contribution in [0.2, 0.25) is 0 Å². The highest BCUT2D eigenvalue weighted by atomic mass is 19.4. The number of alkyl halides is 3. The molecule has 8 heteroatoms. The molecular formula is C10H14F3NO4. The standard InChI is InChI=1S/C10H14F3NO4/c11-10(12,13)6-18-4-1-7(15)14-5-9(2-3-9)8(16)17/h1-6H2,(H,14,15)(H,16,17). The zero-order chi connectivity index (χ0) is 13.8. The Morgan fingerprint density at radius 2 is 1.94 bits per heavy atom. The van der Waals surface area contributed by atoms with Gasteiger partial charge in [0, 0.05) is 13.0 Å². The Kier molecular flexibility index (Phi) is 4.55. The number of hydrogen-bond donors (Lipinski definition) is 2. The second kappa shape index (κ2) is 5.55. The van der Waals surface area contributed by atoms with Gasteiger partial charge in [0.1, 0.15) is 6.61 Å². The first-order valence-corrected chi connectivity index (χ1v) is 5.40. The number of hydrogen-bond acceptors (Lipinski definition) is 3. The van der Waals surface area contributed by atoms with Gasteiger partial charge in [0.2, 0.25) is 5.91 Å². The van der Waals surface area contributed by atoms with Gasteiger partial charge in [-0.25, -0.2) is 0 Å². The van der Waals surface area contributed by atoms with Gasteiger partial charge in [0.25, 0.3) is 0 Å². The van der Waals surface area contributed by atoms with E-state index in [2.05, 4.69) is 10.1 Å². The highest BCUT2D eigenvalue weighted by Gasteiger charge is 2.50. The molecule has 104 valence electrons. The minimum Gasteiger partial charge on any atom is -0.481 e. The second-order valence-corrected chi connectivity index (χ2v) is 4.28. The molecule has 5 nitrogen and oxygen atoms in total. The Morgan fingerprint density at radius 3 is 2.39 bits per heavy atom. The summed E-state index contributed by atoms with van der Waals surface area (Å²) in [5.41, 5.74) is -0.873. The Labute approximate surface area is 101 Å². The average molecular weight is 269 g/mol. The molecule has 1 aliphatic carbocycles. The molecule has 0 heterocycles. The third kappa shape index (κ3) is 4.91. The summed E-state index contributed by atoms with van der Waals surface area (Å²) in [5, 5.41) is 11.2. The number of nitrogens with one attached hydrogen (secondary N) is 1. The van der Waals surface area contributed by atoms with Crippen LogP contribution in [-0.4, -0.2) is 42.9 Å². The maximum Gasteiger partial charge on any atom is 0.411 e. The zero-order valence-corrected chi connectivity index (χ0v) is 9.55. The van der Waals surface area contributed by atoms with Crippen LogP contribution in [0.25, 0.3) is 0 Å². The van der Waals surface area contributed by atoms with E-state index in [-0.39, 0.29) is 19.6 Å². The number of amides is 1. The van der Waals surface area contributed by atoms with E-state index in [0.717, 1.165) is 0 Å². The van der Waals surface area contributed by atoms with Crippen LogP contribution in [0.1, 0.15) is 19.3 Å². The number of carbonyl (C=O) groups excluding carboxylic acids is 1. The third-order valence-electron chi connectivity index (χ3n) is 2.67. The minimum absolute atomic E-state index is 0.0143. The van der Waals surface area contributed by atoms with E-state index >= 15 is 0 Å². The molecule has 1 saturated carbocycles.